The van der Waals surface area contributed by atoms with Gasteiger partial charge in [-0.1, -0.05) is 297 Å². The number of hydrogen-bond donors (Lipinski definition) is 0. The highest BCUT2D eigenvalue weighted by Crippen LogP contribution is 2.41. The van der Waals surface area contributed by atoms with Crippen LogP contribution in [0.3, 0.4) is 0 Å². The molecule has 422 valence electrons. The van der Waals surface area contributed by atoms with Crippen LogP contribution in [0.15, 0.2) is 376 Å². The van der Waals surface area contributed by atoms with Crippen LogP contribution in [0.25, 0.3) is 156 Å². The van der Waals surface area contributed by atoms with Crippen LogP contribution in [-0.2, 0) is 0 Å². The molecule has 0 amide bonds. The van der Waals surface area contributed by atoms with Crippen molar-refractivity contribution in [2.75, 3.05) is 0 Å². The van der Waals surface area contributed by atoms with Gasteiger partial charge in [0.05, 0.1) is 0 Å². The Morgan fingerprint density at radius 3 is 0.344 bits per heavy atom. The molecule has 0 aliphatic heterocycles. The van der Waals surface area contributed by atoms with Crippen LogP contribution in [0.2, 0.25) is 0 Å². The second-order valence-corrected chi connectivity index (χ2v) is 23.3. The minimum atomic E-state index is 1.15. The van der Waals surface area contributed by atoms with Crippen molar-refractivity contribution in [1.29, 1.82) is 0 Å². The van der Waals surface area contributed by atoms with Crippen molar-refractivity contribution in [3.8, 4) is 156 Å². The van der Waals surface area contributed by atoms with Crippen molar-refractivity contribution >= 4 is 0 Å². The summed E-state index contributed by atoms with van der Waals surface area (Å²) in [6.07, 6.45) is 0. The molecule has 15 rings (SSSR count). The first-order valence-electron chi connectivity index (χ1n) is 31.0. The third-order valence-corrected chi connectivity index (χ3v) is 17.4. The molecule has 0 aromatic heterocycles. The highest BCUT2D eigenvalue weighted by atomic mass is 14.2. The fourth-order valence-electron chi connectivity index (χ4n) is 12.6. The summed E-state index contributed by atoms with van der Waals surface area (Å²) in [5.41, 5.74) is 33.0. The van der Waals surface area contributed by atoms with Crippen molar-refractivity contribution in [3.05, 3.63) is 376 Å². The van der Waals surface area contributed by atoms with Crippen LogP contribution in [0.1, 0.15) is 0 Å². The van der Waals surface area contributed by atoms with Gasteiger partial charge in [0.1, 0.15) is 0 Å². The van der Waals surface area contributed by atoms with Crippen molar-refractivity contribution in [1.82, 2.24) is 0 Å². The smallest absolute Gasteiger partial charge is 0.0171 e. The molecule has 15 aromatic carbocycles. The van der Waals surface area contributed by atoms with Crippen LogP contribution in [-0.4, -0.2) is 0 Å². The maximum absolute atomic E-state index is 2.37. The Bertz CT molecular complexity index is 5000. The van der Waals surface area contributed by atoms with Gasteiger partial charge >= 0.3 is 0 Å². The second-order valence-electron chi connectivity index (χ2n) is 23.3. The first-order valence-corrected chi connectivity index (χ1v) is 31.0. The predicted octanol–water partition coefficient (Wildman–Crippen LogP) is 25.0. The van der Waals surface area contributed by atoms with E-state index in [9.17, 15) is 0 Å². The monoisotopic (exact) mass is 1140 g/mol. The standard InChI is InChI=1S/C90H62/c1-5-20-63(21-6-1)67-42-46-69(47-43-67)73-30-15-37-80(52-73)86-57-85(79-36-14-29-72(51-79)66-26-11-4-12-27-66)58-88(59-86)83-40-18-34-77(55-83)78-35-19-41-84(56-78)90-61-87(81-38-16-31-74(53-81)70-48-44-68(45-49-70)64-22-7-2-8-23-64)60-89(62-90)82-39-17-33-76(54-82)75-32-13-28-71(50-75)65-24-9-3-10-25-65/h1-62H. The Hall–Kier alpha value is -11.7. The molecule has 90 heavy (non-hydrogen) atoms. The average Bonchev–Trinajstić information content (AvgIpc) is 2.16. The summed E-state index contributed by atoms with van der Waals surface area (Å²) in [5.74, 6) is 0. The van der Waals surface area contributed by atoms with Crippen molar-refractivity contribution in [2.24, 2.45) is 0 Å². The zero-order chi connectivity index (χ0) is 60.0. The van der Waals surface area contributed by atoms with E-state index in [4.69, 9.17) is 0 Å². The maximum Gasteiger partial charge on any atom is -0.0171 e. The zero-order valence-electron chi connectivity index (χ0n) is 49.8. The molecule has 0 radical (unpaired) electrons. The molecule has 0 saturated carbocycles. The Balaban J connectivity index is 0.806. The molecule has 0 bridgehead atoms. The van der Waals surface area contributed by atoms with E-state index in [1.807, 2.05) is 0 Å². The molecule has 0 aliphatic carbocycles. The third-order valence-electron chi connectivity index (χ3n) is 17.4. The molecule has 0 saturated heterocycles. The lowest BCUT2D eigenvalue weighted by atomic mass is 9.89. The van der Waals surface area contributed by atoms with Crippen LogP contribution >= 0.6 is 0 Å². The fourth-order valence-corrected chi connectivity index (χ4v) is 12.6. The van der Waals surface area contributed by atoms with E-state index in [1.165, 1.54) is 94.6 Å². The van der Waals surface area contributed by atoms with E-state index in [2.05, 4.69) is 376 Å². The molecule has 0 fully saturated rings. The number of benzene rings is 15. The van der Waals surface area contributed by atoms with Crippen LogP contribution in [0.5, 0.6) is 0 Å². The van der Waals surface area contributed by atoms with Gasteiger partial charge in [0.15, 0.2) is 0 Å². The number of hydrogen-bond acceptors (Lipinski definition) is 0. The van der Waals surface area contributed by atoms with Crippen LogP contribution in [0, 0.1) is 0 Å². The van der Waals surface area contributed by atoms with Gasteiger partial charge in [0, 0.05) is 0 Å². The normalized spacial score (nSPS) is 11.1. The minimum Gasteiger partial charge on any atom is -0.0622 e. The van der Waals surface area contributed by atoms with E-state index in [-0.39, 0.29) is 0 Å². The van der Waals surface area contributed by atoms with Gasteiger partial charge in [-0.2, -0.15) is 0 Å². The summed E-state index contributed by atoms with van der Waals surface area (Å²) in [6.45, 7) is 0. The van der Waals surface area contributed by atoms with Crippen molar-refractivity contribution in [2.45, 2.75) is 0 Å². The SMILES string of the molecule is c1ccc(-c2ccc(-c3cccc(-c4cc(-c5cccc(-c6ccccc6)c5)cc(-c5cccc(-c6cccc(-c7cc(-c8cccc(-c9ccc(-c%10ccccc%10)cc9)c8)cc(-c8cccc(-c9cccc(-c%10ccccc%10)c9)c8)c7)c6)c5)c4)c3)cc2)cc1. The summed E-state index contributed by atoms with van der Waals surface area (Å²) in [4.78, 5) is 0. The first kappa shape index (κ1) is 54.9. The second kappa shape index (κ2) is 25.0. The van der Waals surface area contributed by atoms with Crippen LogP contribution < -0.4 is 0 Å². The van der Waals surface area contributed by atoms with Gasteiger partial charge in [-0.15, -0.1) is 0 Å². The quantitative estimate of drug-likeness (QED) is 0.102. The molecule has 0 unspecified atom stereocenters. The summed E-state index contributed by atoms with van der Waals surface area (Å²) < 4.78 is 0. The van der Waals surface area contributed by atoms with Crippen LogP contribution in [0.4, 0.5) is 0 Å². The third kappa shape index (κ3) is 11.9. The van der Waals surface area contributed by atoms with E-state index in [0.29, 0.717) is 0 Å². The Kier molecular flexibility index (Phi) is 15.2. The highest BCUT2D eigenvalue weighted by Gasteiger charge is 2.15. The maximum atomic E-state index is 2.37. The Morgan fingerprint density at radius 1 is 0.0667 bits per heavy atom. The minimum absolute atomic E-state index is 1.15. The van der Waals surface area contributed by atoms with Gasteiger partial charge in [-0.3, -0.25) is 0 Å². The summed E-state index contributed by atoms with van der Waals surface area (Å²) >= 11 is 0. The molecule has 0 aliphatic rings. The molecule has 0 spiro atoms. The van der Waals surface area contributed by atoms with Crippen molar-refractivity contribution < 1.29 is 0 Å². The Morgan fingerprint density at radius 2 is 0.167 bits per heavy atom. The Labute approximate surface area is 528 Å². The summed E-state index contributed by atoms with van der Waals surface area (Å²) in [6, 6.07) is 138. The summed E-state index contributed by atoms with van der Waals surface area (Å²) in [7, 11) is 0. The first-order chi connectivity index (χ1) is 44.5. The molecule has 0 N–H and O–H groups in total. The van der Waals surface area contributed by atoms with Gasteiger partial charge in [-0.05, 0) is 235 Å². The van der Waals surface area contributed by atoms with Crippen molar-refractivity contribution in [3.63, 3.8) is 0 Å². The average molecular weight is 1140 g/mol. The predicted molar refractivity (Wildman–Crippen MR) is 383 cm³/mol. The highest BCUT2D eigenvalue weighted by molar-refractivity contribution is 5.89. The zero-order valence-corrected chi connectivity index (χ0v) is 49.8. The molecule has 15 aromatic rings. The lowest BCUT2D eigenvalue weighted by molar-refractivity contribution is 1.54. The lowest BCUT2D eigenvalue weighted by Gasteiger charge is -2.15. The largest absolute Gasteiger partial charge is 0.0622 e. The topological polar surface area (TPSA) is 0 Å². The molecule has 0 heteroatoms. The van der Waals surface area contributed by atoms with Gasteiger partial charge in [0.2, 0.25) is 0 Å². The molecule has 0 atom stereocenters. The van der Waals surface area contributed by atoms with E-state index < -0.39 is 0 Å². The summed E-state index contributed by atoms with van der Waals surface area (Å²) in [5, 5.41) is 0. The van der Waals surface area contributed by atoms with E-state index >= 15 is 0 Å². The van der Waals surface area contributed by atoms with E-state index in [1.54, 1.807) is 0 Å². The van der Waals surface area contributed by atoms with Gasteiger partial charge < -0.3 is 0 Å². The molecule has 0 nitrogen and oxygen atoms in total. The molecular formula is C90H62. The lowest BCUT2D eigenvalue weighted by Crippen LogP contribution is -1.89. The van der Waals surface area contributed by atoms with Gasteiger partial charge in [-0.25, -0.2) is 0 Å². The molecular weight excluding hydrogens is 1080 g/mol. The van der Waals surface area contributed by atoms with Gasteiger partial charge in [0.25, 0.3) is 0 Å². The fraction of sp³-hybridized carbons (Fsp3) is 0. The number of rotatable bonds is 14. The van der Waals surface area contributed by atoms with E-state index in [0.717, 1.165) is 61.2 Å². The molecule has 0 heterocycles.